The molecular formula is C24H26F3N7OS. The molecule has 8 nitrogen and oxygen atoms in total. The van der Waals surface area contributed by atoms with Gasteiger partial charge in [0.2, 0.25) is 0 Å². The second-order valence-electron chi connectivity index (χ2n) is 9.63. The number of aryl methyl sites for hydroxylation is 2. The van der Waals surface area contributed by atoms with Gasteiger partial charge in [-0.25, -0.2) is 14.5 Å². The van der Waals surface area contributed by atoms with Gasteiger partial charge in [-0.15, -0.1) is 11.3 Å². The molecule has 36 heavy (non-hydrogen) atoms. The van der Waals surface area contributed by atoms with Crippen molar-refractivity contribution in [1.29, 1.82) is 0 Å². The van der Waals surface area contributed by atoms with Crippen LogP contribution in [-0.2, 0) is 11.2 Å². The maximum absolute atomic E-state index is 13.7. The first-order valence-electron chi connectivity index (χ1n) is 12.0. The number of halogens is 3. The first-order valence-corrected chi connectivity index (χ1v) is 12.8. The van der Waals surface area contributed by atoms with Crippen molar-refractivity contribution < 1.29 is 17.9 Å². The zero-order valence-electron chi connectivity index (χ0n) is 20.0. The minimum absolute atomic E-state index is 0.0986. The third-order valence-electron chi connectivity index (χ3n) is 7.16. The van der Waals surface area contributed by atoms with E-state index in [4.69, 9.17) is 9.72 Å². The molecule has 4 aromatic rings. The van der Waals surface area contributed by atoms with Crippen molar-refractivity contribution in [2.24, 2.45) is 0 Å². The SMILES string of the molecule is Cc1nc(-c2[nH]nc(-c3cc(C)c4ncnn4c3)c2CC(F)(F)F)sc1C1CCN(C2COC2)CC1. The fourth-order valence-corrected chi connectivity index (χ4v) is 6.49. The monoisotopic (exact) mass is 517 g/mol. The van der Waals surface area contributed by atoms with Crippen molar-refractivity contribution >= 4 is 17.0 Å². The number of alkyl halides is 3. The van der Waals surface area contributed by atoms with Gasteiger partial charge in [-0.05, 0) is 57.3 Å². The molecule has 190 valence electrons. The van der Waals surface area contributed by atoms with Crippen molar-refractivity contribution in [3.05, 3.63) is 40.3 Å². The molecule has 0 saturated carbocycles. The average molecular weight is 518 g/mol. The number of nitrogens with one attached hydrogen (secondary N) is 1. The Bertz CT molecular complexity index is 1400. The van der Waals surface area contributed by atoms with Crippen LogP contribution in [0.5, 0.6) is 0 Å². The minimum atomic E-state index is -4.40. The van der Waals surface area contributed by atoms with Crippen LogP contribution in [0.15, 0.2) is 18.6 Å². The molecule has 0 atom stereocenters. The van der Waals surface area contributed by atoms with Gasteiger partial charge in [0.05, 0.1) is 42.8 Å². The number of piperidine rings is 1. The van der Waals surface area contributed by atoms with E-state index in [1.807, 2.05) is 13.8 Å². The number of ether oxygens (including phenoxy) is 1. The highest BCUT2D eigenvalue weighted by atomic mass is 32.1. The summed E-state index contributed by atoms with van der Waals surface area (Å²) in [5, 5.41) is 11.9. The Morgan fingerprint density at radius 2 is 1.97 bits per heavy atom. The maximum atomic E-state index is 13.7. The summed E-state index contributed by atoms with van der Waals surface area (Å²) in [5.41, 5.74) is 3.59. The summed E-state index contributed by atoms with van der Waals surface area (Å²) in [5.74, 6) is 0.360. The third kappa shape index (κ3) is 4.31. The molecule has 4 aromatic heterocycles. The predicted octanol–water partition coefficient (Wildman–Crippen LogP) is 4.54. The van der Waals surface area contributed by atoms with E-state index in [1.165, 1.54) is 17.7 Å². The van der Waals surface area contributed by atoms with Gasteiger partial charge in [0, 0.05) is 22.2 Å². The molecule has 0 bridgehead atoms. The molecule has 6 rings (SSSR count). The van der Waals surface area contributed by atoms with Gasteiger partial charge < -0.3 is 4.74 Å². The lowest BCUT2D eigenvalue weighted by Crippen LogP contribution is -2.51. The number of thiazole rings is 1. The standard InChI is InChI=1S/C24H26F3N7OS/c1-13-7-16(9-34-22(13)28-12-29-34)19-18(8-24(25,26)27)20(32-31-19)23-30-14(2)21(36-23)15-3-5-33(6-4-15)17-10-35-11-17/h7,9,12,15,17H,3-6,8,10-11H2,1-2H3,(H,31,32). The molecule has 12 heteroatoms. The number of aromatic amines is 1. The predicted molar refractivity (Wildman–Crippen MR) is 129 cm³/mol. The van der Waals surface area contributed by atoms with Crippen LogP contribution in [0.2, 0.25) is 0 Å². The normalized spacial score (nSPS) is 18.2. The van der Waals surface area contributed by atoms with Crippen LogP contribution in [-0.4, -0.2) is 73.2 Å². The fourth-order valence-electron chi connectivity index (χ4n) is 5.23. The number of aromatic nitrogens is 6. The Labute approximate surface area is 209 Å². The Kier molecular flexibility index (Phi) is 5.84. The second-order valence-corrected chi connectivity index (χ2v) is 10.7. The maximum Gasteiger partial charge on any atom is 0.393 e. The number of nitrogens with zero attached hydrogens (tertiary/aromatic N) is 6. The van der Waals surface area contributed by atoms with E-state index in [9.17, 15) is 13.2 Å². The Hall–Kier alpha value is -2.83. The van der Waals surface area contributed by atoms with Crippen molar-refractivity contribution in [1.82, 2.24) is 34.7 Å². The topological polar surface area (TPSA) is 84.2 Å². The van der Waals surface area contributed by atoms with Crippen LogP contribution >= 0.6 is 11.3 Å². The quantitative estimate of drug-likeness (QED) is 0.418. The van der Waals surface area contributed by atoms with E-state index in [-0.39, 0.29) is 11.3 Å². The highest BCUT2D eigenvalue weighted by Gasteiger charge is 2.35. The lowest BCUT2D eigenvalue weighted by atomic mass is 9.93. The molecule has 6 heterocycles. The Balaban J connectivity index is 1.34. The lowest BCUT2D eigenvalue weighted by Gasteiger charge is -2.41. The van der Waals surface area contributed by atoms with E-state index in [1.54, 1.807) is 16.8 Å². The Morgan fingerprint density at radius 1 is 1.19 bits per heavy atom. The van der Waals surface area contributed by atoms with Gasteiger partial charge in [0.1, 0.15) is 11.3 Å². The van der Waals surface area contributed by atoms with Crippen molar-refractivity contribution in [3.63, 3.8) is 0 Å². The van der Waals surface area contributed by atoms with Gasteiger partial charge in [-0.2, -0.15) is 23.4 Å². The number of fused-ring (bicyclic) bond motifs is 1. The Morgan fingerprint density at radius 3 is 2.67 bits per heavy atom. The van der Waals surface area contributed by atoms with Crippen LogP contribution < -0.4 is 0 Å². The highest BCUT2D eigenvalue weighted by Crippen LogP contribution is 2.41. The molecule has 2 fully saturated rings. The molecule has 2 aliphatic rings. The lowest BCUT2D eigenvalue weighted by molar-refractivity contribution is -0.127. The number of hydrogen-bond acceptors (Lipinski definition) is 7. The number of hydrogen-bond donors (Lipinski definition) is 1. The molecular weight excluding hydrogens is 491 g/mol. The largest absolute Gasteiger partial charge is 0.393 e. The van der Waals surface area contributed by atoms with Crippen molar-refractivity contribution in [3.8, 4) is 22.0 Å². The summed E-state index contributed by atoms with van der Waals surface area (Å²) in [4.78, 5) is 12.5. The highest BCUT2D eigenvalue weighted by molar-refractivity contribution is 7.15. The molecule has 0 spiro atoms. The summed E-state index contributed by atoms with van der Waals surface area (Å²) in [6.45, 7) is 7.42. The molecule has 0 unspecified atom stereocenters. The van der Waals surface area contributed by atoms with Gasteiger partial charge in [0.25, 0.3) is 0 Å². The molecule has 1 N–H and O–H groups in total. The van der Waals surface area contributed by atoms with E-state index in [2.05, 4.69) is 25.2 Å². The summed E-state index contributed by atoms with van der Waals surface area (Å²) in [7, 11) is 0. The number of H-pyrrole nitrogens is 1. The fraction of sp³-hybridized carbons (Fsp3) is 0.500. The number of rotatable bonds is 5. The average Bonchev–Trinajstić information content (AvgIpc) is 3.50. The molecule has 0 aromatic carbocycles. The third-order valence-corrected chi connectivity index (χ3v) is 8.50. The van der Waals surface area contributed by atoms with E-state index in [0.29, 0.717) is 33.9 Å². The number of pyridine rings is 1. The molecule has 0 radical (unpaired) electrons. The van der Waals surface area contributed by atoms with E-state index in [0.717, 1.165) is 55.3 Å². The zero-order chi connectivity index (χ0) is 25.0. The van der Waals surface area contributed by atoms with Gasteiger partial charge >= 0.3 is 6.18 Å². The molecule has 2 saturated heterocycles. The zero-order valence-corrected chi connectivity index (χ0v) is 20.8. The summed E-state index contributed by atoms with van der Waals surface area (Å²) >= 11 is 1.48. The smallest absolute Gasteiger partial charge is 0.378 e. The summed E-state index contributed by atoms with van der Waals surface area (Å²) in [6, 6.07) is 2.32. The summed E-state index contributed by atoms with van der Waals surface area (Å²) < 4.78 is 48.0. The minimum Gasteiger partial charge on any atom is -0.378 e. The van der Waals surface area contributed by atoms with Crippen LogP contribution in [0.25, 0.3) is 27.6 Å². The van der Waals surface area contributed by atoms with Crippen molar-refractivity contribution in [2.45, 2.75) is 51.2 Å². The van der Waals surface area contributed by atoms with Crippen LogP contribution in [0.1, 0.15) is 40.5 Å². The van der Waals surface area contributed by atoms with E-state index >= 15 is 0 Å². The van der Waals surface area contributed by atoms with Gasteiger partial charge in [0.15, 0.2) is 5.65 Å². The van der Waals surface area contributed by atoms with Crippen LogP contribution in [0.4, 0.5) is 13.2 Å². The van der Waals surface area contributed by atoms with Crippen molar-refractivity contribution in [2.75, 3.05) is 26.3 Å². The number of likely N-dealkylation sites (tertiary alicyclic amines) is 1. The van der Waals surface area contributed by atoms with E-state index < -0.39 is 12.6 Å². The molecule has 0 amide bonds. The second kappa shape index (κ2) is 8.93. The van der Waals surface area contributed by atoms with Crippen LogP contribution in [0, 0.1) is 13.8 Å². The molecule has 2 aliphatic heterocycles. The van der Waals surface area contributed by atoms with Gasteiger partial charge in [-0.1, -0.05) is 0 Å². The van der Waals surface area contributed by atoms with Gasteiger partial charge in [-0.3, -0.25) is 10.00 Å². The molecule has 0 aliphatic carbocycles. The first kappa shape index (κ1) is 23.6. The van der Waals surface area contributed by atoms with Crippen LogP contribution in [0.3, 0.4) is 0 Å². The first-order chi connectivity index (χ1) is 17.3. The summed E-state index contributed by atoms with van der Waals surface area (Å²) in [6.07, 6.45) is -0.386.